The summed E-state index contributed by atoms with van der Waals surface area (Å²) in [5.74, 6) is 0. The Morgan fingerprint density at radius 2 is 1.57 bits per heavy atom. The maximum absolute atomic E-state index is 5.73. The number of rotatable bonds is 8. The van der Waals surface area contributed by atoms with Gasteiger partial charge < -0.3 is 5.73 Å². The first-order valence-corrected chi connectivity index (χ1v) is 7.88. The first-order chi connectivity index (χ1) is 10.3. The fourth-order valence-electron chi connectivity index (χ4n) is 2.54. The van der Waals surface area contributed by atoms with E-state index in [0.29, 0.717) is 0 Å². The molecule has 2 N–H and O–H groups in total. The number of nitrogen functional groups attached to an aromatic ring is 1. The minimum atomic E-state index is 0.838. The zero-order chi connectivity index (χ0) is 14.9. The maximum atomic E-state index is 5.73. The molecule has 0 bridgehead atoms. The smallest absolute Gasteiger partial charge is 0.0314 e. The Balaban J connectivity index is 1.71. The van der Waals surface area contributed by atoms with Crippen LogP contribution in [0.15, 0.2) is 54.6 Å². The van der Waals surface area contributed by atoms with Crippen LogP contribution in [0.3, 0.4) is 0 Å². The van der Waals surface area contributed by atoms with Gasteiger partial charge in [0.2, 0.25) is 0 Å². The molecule has 0 unspecified atom stereocenters. The molecule has 2 nitrogen and oxygen atoms in total. The second-order valence-corrected chi connectivity index (χ2v) is 5.55. The molecule has 2 aromatic rings. The predicted molar refractivity (Wildman–Crippen MR) is 91.2 cm³/mol. The van der Waals surface area contributed by atoms with E-state index in [2.05, 4.69) is 54.3 Å². The summed E-state index contributed by atoms with van der Waals surface area (Å²) in [6, 6.07) is 19.0. The second kappa shape index (κ2) is 8.48. The van der Waals surface area contributed by atoms with Crippen LogP contribution < -0.4 is 5.73 Å². The monoisotopic (exact) mass is 282 g/mol. The van der Waals surface area contributed by atoms with Crippen LogP contribution in [0.5, 0.6) is 0 Å². The summed E-state index contributed by atoms with van der Waals surface area (Å²) in [5, 5.41) is 0. The standard InChI is InChI=1S/C19H26N2/c1-2-21(16-18-11-13-19(20)14-12-18)15-7-6-10-17-8-4-3-5-9-17/h3-5,8-9,11-14H,2,6-7,10,15-16,20H2,1H3. The highest BCUT2D eigenvalue weighted by Crippen LogP contribution is 2.10. The fraction of sp³-hybridized carbons (Fsp3) is 0.368. The third-order valence-corrected chi connectivity index (χ3v) is 3.87. The zero-order valence-electron chi connectivity index (χ0n) is 13.0. The fourth-order valence-corrected chi connectivity index (χ4v) is 2.54. The molecular formula is C19H26N2. The minimum absolute atomic E-state index is 0.838. The number of nitrogens with two attached hydrogens (primary N) is 1. The summed E-state index contributed by atoms with van der Waals surface area (Å²) in [6.45, 7) is 5.50. The average molecular weight is 282 g/mol. The van der Waals surface area contributed by atoms with Crippen LogP contribution in [-0.4, -0.2) is 18.0 Å². The van der Waals surface area contributed by atoms with Crippen molar-refractivity contribution in [1.82, 2.24) is 4.90 Å². The van der Waals surface area contributed by atoms with E-state index in [1.54, 1.807) is 0 Å². The van der Waals surface area contributed by atoms with E-state index in [1.807, 2.05) is 12.1 Å². The molecule has 21 heavy (non-hydrogen) atoms. The summed E-state index contributed by atoms with van der Waals surface area (Å²) in [4.78, 5) is 2.50. The second-order valence-electron chi connectivity index (χ2n) is 5.55. The maximum Gasteiger partial charge on any atom is 0.0314 e. The lowest BCUT2D eigenvalue weighted by molar-refractivity contribution is 0.274. The SMILES string of the molecule is CCN(CCCCc1ccccc1)Cc1ccc(N)cc1. The molecule has 0 aliphatic rings. The summed E-state index contributed by atoms with van der Waals surface area (Å²) >= 11 is 0. The summed E-state index contributed by atoms with van der Waals surface area (Å²) < 4.78 is 0. The Hall–Kier alpha value is -1.80. The van der Waals surface area contributed by atoms with Crippen molar-refractivity contribution in [2.75, 3.05) is 18.8 Å². The highest BCUT2D eigenvalue weighted by atomic mass is 15.1. The van der Waals surface area contributed by atoms with Crippen molar-refractivity contribution < 1.29 is 0 Å². The Morgan fingerprint density at radius 1 is 0.857 bits per heavy atom. The Morgan fingerprint density at radius 3 is 2.24 bits per heavy atom. The number of hydrogen-bond acceptors (Lipinski definition) is 2. The van der Waals surface area contributed by atoms with Crippen LogP contribution >= 0.6 is 0 Å². The molecule has 0 spiro atoms. The van der Waals surface area contributed by atoms with Gasteiger partial charge in [-0.15, -0.1) is 0 Å². The molecule has 0 saturated carbocycles. The lowest BCUT2D eigenvalue weighted by Gasteiger charge is -2.20. The van der Waals surface area contributed by atoms with Crippen LogP contribution in [0, 0.1) is 0 Å². The van der Waals surface area contributed by atoms with Crippen molar-refractivity contribution in [2.24, 2.45) is 0 Å². The van der Waals surface area contributed by atoms with Crippen molar-refractivity contribution in [2.45, 2.75) is 32.7 Å². The molecule has 0 amide bonds. The van der Waals surface area contributed by atoms with E-state index in [9.17, 15) is 0 Å². The van der Waals surface area contributed by atoms with Gasteiger partial charge >= 0.3 is 0 Å². The first-order valence-electron chi connectivity index (χ1n) is 7.88. The highest BCUT2D eigenvalue weighted by Gasteiger charge is 2.03. The molecular weight excluding hydrogens is 256 g/mol. The Labute approximate surface area is 128 Å². The highest BCUT2D eigenvalue weighted by molar-refractivity contribution is 5.39. The van der Waals surface area contributed by atoms with E-state index < -0.39 is 0 Å². The molecule has 0 heterocycles. The van der Waals surface area contributed by atoms with Crippen LogP contribution in [0.2, 0.25) is 0 Å². The van der Waals surface area contributed by atoms with Gasteiger partial charge in [0.25, 0.3) is 0 Å². The Kier molecular flexibility index (Phi) is 6.29. The third-order valence-electron chi connectivity index (χ3n) is 3.87. The van der Waals surface area contributed by atoms with Gasteiger partial charge in [0.05, 0.1) is 0 Å². The van der Waals surface area contributed by atoms with E-state index >= 15 is 0 Å². The van der Waals surface area contributed by atoms with Gasteiger partial charge in [0, 0.05) is 12.2 Å². The number of nitrogens with zero attached hydrogens (tertiary/aromatic N) is 1. The van der Waals surface area contributed by atoms with Gasteiger partial charge in [-0.2, -0.15) is 0 Å². The normalized spacial score (nSPS) is 11.0. The summed E-state index contributed by atoms with van der Waals surface area (Å²) in [7, 11) is 0. The van der Waals surface area contributed by atoms with Crippen molar-refractivity contribution in [3.63, 3.8) is 0 Å². The number of aryl methyl sites for hydroxylation is 1. The molecule has 0 atom stereocenters. The molecule has 0 radical (unpaired) electrons. The van der Waals surface area contributed by atoms with Crippen LogP contribution in [-0.2, 0) is 13.0 Å². The van der Waals surface area contributed by atoms with Gasteiger partial charge in [-0.05, 0) is 55.6 Å². The van der Waals surface area contributed by atoms with Crippen molar-refractivity contribution in [3.8, 4) is 0 Å². The molecule has 2 rings (SSSR count). The average Bonchev–Trinajstić information content (AvgIpc) is 2.53. The summed E-state index contributed by atoms with van der Waals surface area (Å²) in [5.41, 5.74) is 9.35. The van der Waals surface area contributed by atoms with Crippen LogP contribution in [0.1, 0.15) is 30.9 Å². The van der Waals surface area contributed by atoms with E-state index in [4.69, 9.17) is 5.73 Å². The number of benzene rings is 2. The van der Waals surface area contributed by atoms with E-state index in [1.165, 1.54) is 30.4 Å². The number of anilines is 1. The lowest BCUT2D eigenvalue weighted by Crippen LogP contribution is -2.24. The number of unbranched alkanes of at least 4 members (excludes halogenated alkanes) is 1. The van der Waals surface area contributed by atoms with E-state index in [-0.39, 0.29) is 0 Å². The van der Waals surface area contributed by atoms with Crippen LogP contribution in [0.25, 0.3) is 0 Å². The van der Waals surface area contributed by atoms with Crippen molar-refractivity contribution in [3.05, 3.63) is 65.7 Å². The largest absolute Gasteiger partial charge is 0.399 e. The molecule has 0 saturated heterocycles. The topological polar surface area (TPSA) is 29.3 Å². The molecule has 0 aliphatic heterocycles. The molecule has 0 aliphatic carbocycles. The number of hydrogen-bond donors (Lipinski definition) is 1. The predicted octanol–water partition coefficient (Wildman–Crippen LogP) is 4.11. The third kappa shape index (κ3) is 5.60. The quantitative estimate of drug-likeness (QED) is 0.583. The molecule has 0 fully saturated rings. The lowest BCUT2D eigenvalue weighted by atomic mass is 10.1. The van der Waals surface area contributed by atoms with Gasteiger partial charge in [-0.1, -0.05) is 49.4 Å². The van der Waals surface area contributed by atoms with Gasteiger partial charge in [0.1, 0.15) is 0 Å². The zero-order valence-corrected chi connectivity index (χ0v) is 13.0. The minimum Gasteiger partial charge on any atom is -0.399 e. The van der Waals surface area contributed by atoms with Crippen molar-refractivity contribution >= 4 is 5.69 Å². The molecule has 2 heteroatoms. The molecule has 0 aromatic heterocycles. The van der Waals surface area contributed by atoms with Crippen molar-refractivity contribution in [1.29, 1.82) is 0 Å². The van der Waals surface area contributed by atoms with Gasteiger partial charge in [-0.3, -0.25) is 4.90 Å². The van der Waals surface area contributed by atoms with Gasteiger partial charge in [0.15, 0.2) is 0 Å². The molecule has 2 aromatic carbocycles. The summed E-state index contributed by atoms with van der Waals surface area (Å²) in [6.07, 6.45) is 3.68. The molecule has 112 valence electrons. The van der Waals surface area contributed by atoms with Crippen LogP contribution in [0.4, 0.5) is 5.69 Å². The van der Waals surface area contributed by atoms with Gasteiger partial charge in [-0.25, -0.2) is 0 Å². The Bertz CT molecular complexity index is 505. The van der Waals surface area contributed by atoms with E-state index in [0.717, 1.165) is 25.3 Å². The first kappa shape index (κ1) is 15.6.